The average Bonchev–Trinajstić information content (AvgIpc) is 3.07. The van der Waals surface area contributed by atoms with E-state index in [9.17, 15) is 18.0 Å². The van der Waals surface area contributed by atoms with E-state index in [4.69, 9.17) is 4.74 Å². The maximum absolute atomic E-state index is 13.2. The average molecular weight is 440 g/mol. The Kier molecular flexibility index (Phi) is 5.03. The first-order valence-electron chi connectivity index (χ1n) is 8.57. The van der Waals surface area contributed by atoms with Crippen LogP contribution in [0.4, 0.5) is 30.4 Å². The van der Waals surface area contributed by atoms with Crippen molar-refractivity contribution in [3.63, 3.8) is 0 Å². The number of anilines is 3. The fraction of sp³-hybridized carbons (Fsp3) is 0.278. The SMILES string of the molecule is CCOC(=O)c1sc2nc(SC)nc3c2c1NCN3c1cccc(C(F)(F)F)c1. The summed E-state index contributed by atoms with van der Waals surface area (Å²) in [6.07, 6.45) is -2.64. The van der Waals surface area contributed by atoms with E-state index in [1.165, 1.54) is 29.2 Å². The second-order valence-electron chi connectivity index (χ2n) is 6.05. The summed E-state index contributed by atoms with van der Waals surface area (Å²) in [5.74, 6) is -0.0126. The number of benzene rings is 1. The van der Waals surface area contributed by atoms with E-state index < -0.39 is 17.7 Å². The van der Waals surface area contributed by atoms with Crippen molar-refractivity contribution < 1.29 is 22.7 Å². The van der Waals surface area contributed by atoms with Crippen LogP contribution in [0.25, 0.3) is 10.2 Å². The van der Waals surface area contributed by atoms with Gasteiger partial charge in [0, 0.05) is 5.69 Å². The summed E-state index contributed by atoms with van der Waals surface area (Å²) in [4.78, 5) is 23.9. The number of halogens is 3. The summed E-state index contributed by atoms with van der Waals surface area (Å²) in [5, 5.41) is 4.19. The predicted octanol–water partition coefficient (Wildman–Crippen LogP) is 5.13. The minimum atomic E-state index is -4.45. The number of thioether (sulfide) groups is 1. The molecule has 0 unspecified atom stereocenters. The number of carbonyl (C=O) groups excluding carboxylic acids is 1. The number of thiophene rings is 1. The molecule has 2 aromatic heterocycles. The number of hydrogen-bond acceptors (Lipinski definition) is 8. The topological polar surface area (TPSA) is 67.3 Å². The lowest BCUT2D eigenvalue weighted by Gasteiger charge is -2.30. The maximum Gasteiger partial charge on any atom is 0.416 e. The zero-order valence-electron chi connectivity index (χ0n) is 15.3. The smallest absolute Gasteiger partial charge is 0.416 e. The van der Waals surface area contributed by atoms with E-state index in [1.54, 1.807) is 17.9 Å². The summed E-state index contributed by atoms with van der Waals surface area (Å²) >= 11 is 2.49. The molecule has 3 aromatic rings. The largest absolute Gasteiger partial charge is 0.462 e. The monoisotopic (exact) mass is 440 g/mol. The highest BCUT2D eigenvalue weighted by Gasteiger charge is 2.33. The van der Waals surface area contributed by atoms with Gasteiger partial charge in [0.25, 0.3) is 0 Å². The van der Waals surface area contributed by atoms with E-state index >= 15 is 0 Å². The van der Waals surface area contributed by atoms with Crippen LogP contribution in [0.3, 0.4) is 0 Å². The number of hydrogen-bond donors (Lipinski definition) is 1. The zero-order chi connectivity index (χ0) is 20.8. The van der Waals surface area contributed by atoms with Gasteiger partial charge in [-0.3, -0.25) is 0 Å². The number of aromatic nitrogens is 2. The molecule has 152 valence electrons. The first kappa shape index (κ1) is 19.8. The molecule has 0 saturated heterocycles. The molecule has 29 heavy (non-hydrogen) atoms. The third-order valence-corrected chi connectivity index (χ3v) is 5.92. The molecule has 4 rings (SSSR count). The molecule has 0 aliphatic carbocycles. The molecule has 0 spiro atoms. The molecule has 0 bridgehead atoms. The van der Waals surface area contributed by atoms with Gasteiger partial charge >= 0.3 is 12.1 Å². The van der Waals surface area contributed by atoms with Gasteiger partial charge in [-0.05, 0) is 31.4 Å². The molecule has 1 N–H and O–H groups in total. The van der Waals surface area contributed by atoms with Crippen molar-refractivity contribution in [2.24, 2.45) is 0 Å². The van der Waals surface area contributed by atoms with Gasteiger partial charge in [-0.1, -0.05) is 17.8 Å². The van der Waals surface area contributed by atoms with E-state index in [2.05, 4.69) is 15.3 Å². The van der Waals surface area contributed by atoms with Gasteiger partial charge in [-0.2, -0.15) is 13.2 Å². The normalized spacial score (nSPS) is 13.5. The number of rotatable bonds is 4. The highest BCUT2D eigenvalue weighted by Crippen LogP contribution is 2.45. The van der Waals surface area contributed by atoms with E-state index in [-0.39, 0.29) is 13.3 Å². The van der Waals surface area contributed by atoms with Gasteiger partial charge in [0.1, 0.15) is 15.5 Å². The van der Waals surface area contributed by atoms with Crippen LogP contribution in [0.1, 0.15) is 22.2 Å². The first-order chi connectivity index (χ1) is 13.8. The van der Waals surface area contributed by atoms with Crippen molar-refractivity contribution in [2.75, 3.05) is 29.7 Å². The zero-order valence-corrected chi connectivity index (χ0v) is 17.0. The fourth-order valence-electron chi connectivity index (χ4n) is 3.06. The summed E-state index contributed by atoms with van der Waals surface area (Å²) in [6, 6.07) is 5.06. The number of carbonyl (C=O) groups is 1. The molecular formula is C18H15F3N4O2S2. The maximum atomic E-state index is 13.2. The molecule has 1 aliphatic rings. The Balaban J connectivity index is 1.89. The lowest BCUT2D eigenvalue weighted by Crippen LogP contribution is -2.29. The summed E-state index contributed by atoms with van der Waals surface area (Å²) in [7, 11) is 0. The summed E-state index contributed by atoms with van der Waals surface area (Å²) in [5.41, 5.74) is 0.150. The number of nitrogens with zero attached hydrogens (tertiary/aromatic N) is 3. The minimum absolute atomic E-state index is 0.150. The van der Waals surface area contributed by atoms with E-state index in [1.807, 2.05) is 6.26 Å². The Morgan fingerprint density at radius 3 is 2.86 bits per heavy atom. The van der Waals surface area contributed by atoms with Crippen molar-refractivity contribution in [1.82, 2.24) is 9.97 Å². The van der Waals surface area contributed by atoms with Crippen LogP contribution < -0.4 is 10.2 Å². The second kappa shape index (κ2) is 7.38. The van der Waals surface area contributed by atoms with Gasteiger partial charge in [0.2, 0.25) is 0 Å². The third kappa shape index (κ3) is 3.48. The lowest BCUT2D eigenvalue weighted by molar-refractivity contribution is -0.137. The molecule has 0 amide bonds. The van der Waals surface area contributed by atoms with Crippen LogP contribution in [0.2, 0.25) is 0 Å². The van der Waals surface area contributed by atoms with Crippen molar-refractivity contribution in [3.05, 3.63) is 34.7 Å². The predicted molar refractivity (Wildman–Crippen MR) is 107 cm³/mol. The number of nitrogens with one attached hydrogen (secondary N) is 1. The number of ether oxygens (including phenoxy) is 1. The highest BCUT2D eigenvalue weighted by atomic mass is 32.2. The molecule has 1 aliphatic heterocycles. The molecule has 0 atom stereocenters. The molecular weight excluding hydrogens is 425 g/mol. The van der Waals surface area contributed by atoms with Crippen LogP contribution in [-0.2, 0) is 10.9 Å². The van der Waals surface area contributed by atoms with Gasteiger partial charge < -0.3 is 15.0 Å². The van der Waals surface area contributed by atoms with Gasteiger partial charge in [0.05, 0.1) is 29.9 Å². The number of esters is 1. The second-order valence-corrected chi connectivity index (χ2v) is 7.82. The molecule has 0 saturated carbocycles. The summed E-state index contributed by atoms with van der Waals surface area (Å²) in [6.45, 7) is 2.10. The lowest BCUT2D eigenvalue weighted by atomic mass is 10.1. The molecule has 3 heterocycles. The standard InChI is InChI=1S/C18H15F3N4O2S2/c1-3-27-16(26)13-12-11-14(23-17(28-2)24-15(11)29-13)25(8-22-12)10-6-4-5-9(7-10)18(19,20)21/h4-7,22H,3,8H2,1-2H3. The Labute approximate surface area is 172 Å². The minimum Gasteiger partial charge on any atom is -0.462 e. The quantitative estimate of drug-likeness (QED) is 0.343. The van der Waals surface area contributed by atoms with Crippen molar-refractivity contribution in [2.45, 2.75) is 18.3 Å². The molecule has 0 fully saturated rings. The Bertz CT molecular complexity index is 1100. The number of alkyl halides is 3. The molecule has 0 radical (unpaired) electrons. The van der Waals surface area contributed by atoms with Crippen LogP contribution in [0.15, 0.2) is 29.4 Å². The van der Waals surface area contributed by atoms with Crippen molar-refractivity contribution in [1.29, 1.82) is 0 Å². The first-order valence-corrected chi connectivity index (χ1v) is 10.6. The van der Waals surface area contributed by atoms with Crippen LogP contribution >= 0.6 is 23.1 Å². The van der Waals surface area contributed by atoms with Gasteiger partial charge in [-0.15, -0.1) is 11.3 Å². The summed E-state index contributed by atoms with van der Waals surface area (Å²) < 4.78 is 44.6. The Morgan fingerprint density at radius 1 is 1.38 bits per heavy atom. The van der Waals surface area contributed by atoms with Gasteiger partial charge in [-0.25, -0.2) is 14.8 Å². The van der Waals surface area contributed by atoms with E-state index in [0.717, 1.165) is 12.1 Å². The third-order valence-electron chi connectivity index (χ3n) is 4.31. The van der Waals surface area contributed by atoms with E-state index in [0.29, 0.717) is 37.4 Å². The Hall–Kier alpha value is -2.53. The van der Waals surface area contributed by atoms with Crippen LogP contribution in [-0.4, -0.2) is 35.5 Å². The van der Waals surface area contributed by atoms with Crippen molar-refractivity contribution in [3.8, 4) is 0 Å². The van der Waals surface area contributed by atoms with Crippen molar-refractivity contribution >= 4 is 56.5 Å². The van der Waals surface area contributed by atoms with Gasteiger partial charge in [0.15, 0.2) is 5.16 Å². The molecule has 6 nitrogen and oxygen atoms in total. The van der Waals surface area contributed by atoms with Crippen LogP contribution in [0.5, 0.6) is 0 Å². The molecule has 11 heteroatoms. The van der Waals surface area contributed by atoms with Crippen LogP contribution in [0, 0.1) is 0 Å². The fourth-order valence-corrected chi connectivity index (χ4v) is 4.51. The molecule has 1 aromatic carbocycles. The highest BCUT2D eigenvalue weighted by molar-refractivity contribution is 7.98. The Morgan fingerprint density at radius 2 is 2.17 bits per heavy atom.